The lowest BCUT2D eigenvalue weighted by Crippen LogP contribution is -2.26. The Bertz CT molecular complexity index is 1230. The van der Waals surface area contributed by atoms with E-state index in [4.69, 9.17) is 9.72 Å². The quantitative estimate of drug-likeness (QED) is 0.387. The van der Waals surface area contributed by atoms with Crippen molar-refractivity contribution in [1.29, 1.82) is 0 Å². The third kappa shape index (κ3) is 5.50. The number of halogens is 1. The molecule has 3 aromatic rings. The van der Waals surface area contributed by atoms with Crippen molar-refractivity contribution >= 4 is 21.6 Å². The molecule has 5 nitrogen and oxygen atoms in total. The lowest BCUT2D eigenvalue weighted by molar-refractivity contribution is 0.208. The molecule has 170 valence electrons. The summed E-state index contributed by atoms with van der Waals surface area (Å²) in [6.45, 7) is 11.7. The molecule has 6 heteroatoms. The summed E-state index contributed by atoms with van der Waals surface area (Å²) in [5.41, 5.74) is 6.09. The van der Waals surface area contributed by atoms with Gasteiger partial charge in [-0.05, 0) is 53.5 Å². The maximum absolute atomic E-state index is 6.13. The number of aryl methyl sites for hydroxylation is 1. The highest BCUT2D eigenvalue weighted by molar-refractivity contribution is 9.11. The van der Waals surface area contributed by atoms with E-state index in [0.29, 0.717) is 13.2 Å². The van der Waals surface area contributed by atoms with Gasteiger partial charge in [0.05, 0.1) is 22.4 Å². The highest BCUT2D eigenvalue weighted by Gasteiger charge is 2.21. The first-order valence-corrected chi connectivity index (χ1v) is 11.8. The molecule has 0 saturated heterocycles. The number of allylic oxidation sites excluding steroid dienone is 2. The van der Waals surface area contributed by atoms with E-state index in [-0.39, 0.29) is 5.41 Å². The van der Waals surface area contributed by atoms with Crippen LogP contribution in [0.5, 0.6) is 0 Å². The minimum absolute atomic E-state index is 0.121. The van der Waals surface area contributed by atoms with Gasteiger partial charge in [0.25, 0.3) is 0 Å². The molecule has 2 aromatic heterocycles. The van der Waals surface area contributed by atoms with E-state index < -0.39 is 0 Å². The molecule has 0 unspecified atom stereocenters. The zero-order valence-electron chi connectivity index (χ0n) is 19.8. The number of hydrogen-bond acceptors (Lipinski definition) is 5. The fraction of sp³-hybridized carbons (Fsp3) is 0.296. The summed E-state index contributed by atoms with van der Waals surface area (Å²) in [5.74, 6) is 1.67. The molecule has 0 radical (unpaired) electrons. The largest absolute Gasteiger partial charge is 0.488 e. The predicted molar refractivity (Wildman–Crippen MR) is 137 cm³/mol. The normalized spacial score (nSPS) is 14.4. The lowest BCUT2D eigenvalue weighted by atomic mass is 9.95. The number of rotatable bonds is 5. The van der Waals surface area contributed by atoms with E-state index in [9.17, 15) is 0 Å². The first-order valence-electron chi connectivity index (χ1n) is 11.0. The second-order valence-corrected chi connectivity index (χ2v) is 10.3. The van der Waals surface area contributed by atoms with Gasteiger partial charge in [-0.25, -0.2) is 9.97 Å². The van der Waals surface area contributed by atoms with Gasteiger partial charge in [0.2, 0.25) is 0 Å². The Hall–Kier alpha value is -2.99. The number of anilines is 1. The van der Waals surface area contributed by atoms with Crippen LogP contribution in [-0.4, -0.2) is 21.5 Å². The molecule has 0 aliphatic carbocycles. The summed E-state index contributed by atoms with van der Waals surface area (Å²) in [5, 5.41) is 0. The van der Waals surface area contributed by atoms with E-state index >= 15 is 0 Å². The second-order valence-electron chi connectivity index (χ2n) is 9.33. The average Bonchev–Trinajstić information content (AvgIpc) is 2.79. The van der Waals surface area contributed by atoms with Crippen LogP contribution in [0.4, 0.5) is 5.69 Å². The Kier molecular flexibility index (Phi) is 6.66. The number of ether oxygens (including phenoxy) is 1. The summed E-state index contributed by atoms with van der Waals surface area (Å²) < 4.78 is 7.14. The van der Waals surface area contributed by atoms with Gasteiger partial charge in [0, 0.05) is 35.3 Å². The number of aromatic nitrogens is 3. The summed E-state index contributed by atoms with van der Waals surface area (Å²) in [4.78, 5) is 16.0. The van der Waals surface area contributed by atoms with E-state index in [1.165, 1.54) is 5.56 Å². The fourth-order valence-corrected chi connectivity index (χ4v) is 4.14. The monoisotopic (exact) mass is 504 g/mol. The van der Waals surface area contributed by atoms with Gasteiger partial charge in [-0.2, -0.15) is 0 Å². The molecule has 1 aromatic carbocycles. The molecule has 0 bridgehead atoms. The molecule has 3 heterocycles. The minimum Gasteiger partial charge on any atom is -0.488 e. The van der Waals surface area contributed by atoms with E-state index in [2.05, 4.69) is 102 Å². The maximum Gasteiger partial charge on any atom is 0.134 e. The molecular weight excluding hydrogens is 476 g/mol. The highest BCUT2D eigenvalue weighted by Crippen LogP contribution is 2.32. The minimum atomic E-state index is -0.121. The molecule has 0 fully saturated rings. The number of nitrogens with zero attached hydrogens (tertiary/aromatic N) is 4. The lowest BCUT2D eigenvalue weighted by Gasteiger charge is -2.30. The Morgan fingerprint density at radius 1 is 1.00 bits per heavy atom. The standard InChI is InChI=1S/C27H29BrN4O/c1-18-7-6-8-20(13-18)17-33-25-14-19(2)32(16-22(25)28)21-9-11-29-24(15-21)23-10-12-30-26(31-23)27(3,4)5/h6-15H,16-17H2,1-5H3. The van der Waals surface area contributed by atoms with Crippen LogP contribution < -0.4 is 4.90 Å². The summed E-state index contributed by atoms with van der Waals surface area (Å²) in [6, 6.07) is 14.4. The van der Waals surface area contributed by atoms with Gasteiger partial charge in [-0.15, -0.1) is 0 Å². The smallest absolute Gasteiger partial charge is 0.134 e. The van der Waals surface area contributed by atoms with Crippen molar-refractivity contribution in [3.8, 4) is 11.4 Å². The fourth-order valence-electron chi connectivity index (χ4n) is 3.66. The van der Waals surface area contributed by atoms with Crippen molar-refractivity contribution in [2.24, 2.45) is 0 Å². The van der Waals surface area contributed by atoms with E-state index in [0.717, 1.165) is 44.4 Å². The second kappa shape index (κ2) is 9.48. The summed E-state index contributed by atoms with van der Waals surface area (Å²) in [7, 11) is 0. The zero-order chi connectivity index (χ0) is 23.6. The van der Waals surface area contributed by atoms with Gasteiger partial charge in [-0.1, -0.05) is 50.6 Å². The summed E-state index contributed by atoms with van der Waals surface area (Å²) in [6.07, 6.45) is 5.71. The average molecular weight is 505 g/mol. The van der Waals surface area contributed by atoms with Gasteiger partial charge >= 0.3 is 0 Å². The first kappa shape index (κ1) is 23.2. The van der Waals surface area contributed by atoms with E-state index in [1.54, 1.807) is 6.20 Å². The first-order chi connectivity index (χ1) is 15.7. The molecule has 1 aliphatic heterocycles. The number of pyridine rings is 1. The van der Waals surface area contributed by atoms with E-state index in [1.807, 2.05) is 18.3 Å². The van der Waals surface area contributed by atoms with Crippen LogP contribution in [-0.2, 0) is 16.8 Å². The number of benzene rings is 1. The number of hydrogen-bond donors (Lipinski definition) is 0. The van der Waals surface area contributed by atoms with Crippen molar-refractivity contribution in [2.75, 3.05) is 11.4 Å². The van der Waals surface area contributed by atoms with Gasteiger partial charge < -0.3 is 9.64 Å². The zero-order valence-corrected chi connectivity index (χ0v) is 21.3. The molecular formula is C27H29BrN4O. The molecule has 33 heavy (non-hydrogen) atoms. The SMILES string of the molecule is CC1=CC(OCc2cccc(C)c2)=C(Br)CN1c1ccnc(-c2ccnc(C(C)(C)C)n2)c1. The van der Waals surface area contributed by atoms with Gasteiger partial charge in [0.15, 0.2) is 0 Å². The third-order valence-electron chi connectivity index (χ3n) is 5.45. The Morgan fingerprint density at radius 2 is 1.79 bits per heavy atom. The van der Waals surface area contributed by atoms with Crippen molar-refractivity contribution in [2.45, 2.75) is 46.6 Å². The van der Waals surface area contributed by atoms with Crippen LogP contribution in [0.1, 0.15) is 44.6 Å². The predicted octanol–water partition coefficient (Wildman–Crippen LogP) is 6.69. The van der Waals surface area contributed by atoms with Crippen molar-refractivity contribution in [3.05, 3.63) is 93.8 Å². The highest BCUT2D eigenvalue weighted by atomic mass is 79.9. The Labute approximate surface area is 204 Å². The van der Waals surface area contributed by atoms with Crippen molar-refractivity contribution in [3.63, 3.8) is 0 Å². The molecule has 0 spiro atoms. The van der Waals surface area contributed by atoms with Crippen LogP contribution in [0.2, 0.25) is 0 Å². The van der Waals surface area contributed by atoms with Crippen LogP contribution in [0.3, 0.4) is 0 Å². The van der Waals surface area contributed by atoms with Crippen LogP contribution in [0.25, 0.3) is 11.4 Å². The molecule has 1 aliphatic rings. The Morgan fingerprint density at radius 3 is 2.55 bits per heavy atom. The molecule has 0 N–H and O–H groups in total. The van der Waals surface area contributed by atoms with Crippen molar-refractivity contribution < 1.29 is 4.74 Å². The van der Waals surface area contributed by atoms with Gasteiger partial charge in [0.1, 0.15) is 18.2 Å². The van der Waals surface area contributed by atoms with Crippen LogP contribution in [0.15, 0.2) is 76.9 Å². The molecule has 0 saturated carbocycles. The van der Waals surface area contributed by atoms with Crippen LogP contribution in [0, 0.1) is 6.92 Å². The molecule has 0 atom stereocenters. The summed E-state index contributed by atoms with van der Waals surface area (Å²) >= 11 is 3.73. The Balaban J connectivity index is 1.53. The topological polar surface area (TPSA) is 51.1 Å². The van der Waals surface area contributed by atoms with Gasteiger partial charge in [-0.3, -0.25) is 4.98 Å². The molecule has 4 rings (SSSR count). The van der Waals surface area contributed by atoms with Crippen molar-refractivity contribution in [1.82, 2.24) is 15.0 Å². The maximum atomic E-state index is 6.13. The van der Waals surface area contributed by atoms with Crippen LogP contribution >= 0.6 is 15.9 Å². The third-order valence-corrected chi connectivity index (χ3v) is 6.09. The molecule has 0 amide bonds.